The van der Waals surface area contributed by atoms with Gasteiger partial charge in [0, 0.05) is 25.0 Å². The van der Waals surface area contributed by atoms with Gasteiger partial charge in [-0.25, -0.2) is 4.57 Å². The molecule has 2 aliphatic carbocycles. The monoisotopic (exact) mass is 274 g/mol. The number of hydrogen-bond donors (Lipinski definition) is 1. The van der Waals surface area contributed by atoms with E-state index in [2.05, 4.69) is 42.9 Å². The summed E-state index contributed by atoms with van der Waals surface area (Å²) in [5.74, 6) is -0.895. The minimum Gasteiger partial charge on any atom is -0.365 e. The maximum atomic E-state index is 10.8. The molecule has 20 heavy (non-hydrogen) atoms. The van der Waals surface area contributed by atoms with E-state index in [4.69, 9.17) is 4.74 Å². The Labute approximate surface area is 120 Å². The Morgan fingerprint density at radius 1 is 0.950 bits per heavy atom. The van der Waals surface area contributed by atoms with Gasteiger partial charge in [0.2, 0.25) is 0 Å². The van der Waals surface area contributed by atoms with Crippen LogP contribution in [0, 0.1) is 10.8 Å². The van der Waals surface area contributed by atoms with Crippen LogP contribution in [-0.4, -0.2) is 16.5 Å². The van der Waals surface area contributed by atoms with Crippen LogP contribution in [0.2, 0.25) is 0 Å². The van der Waals surface area contributed by atoms with E-state index >= 15 is 0 Å². The Hall–Kier alpha value is -0.930. The molecule has 2 saturated heterocycles. The van der Waals surface area contributed by atoms with Gasteiger partial charge in [0.15, 0.2) is 24.7 Å². The lowest BCUT2D eigenvalue weighted by Crippen LogP contribution is -2.70. The number of aromatic nitrogens is 1. The predicted molar refractivity (Wildman–Crippen MR) is 74.7 cm³/mol. The van der Waals surface area contributed by atoms with Crippen molar-refractivity contribution in [2.45, 2.75) is 63.9 Å². The van der Waals surface area contributed by atoms with Gasteiger partial charge in [-0.1, -0.05) is 19.9 Å². The summed E-state index contributed by atoms with van der Waals surface area (Å²) in [5, 5.41) is 10.8. The first-order chi connectivity index (χ1) is 9.32. The quantitative estimate of drug-likeness (QED) is 0.840. The summed E-state index contributed by atoms with van der Waals surface area (Å²) in [6.07, 6.45) is 9.16. The van der Waals surface area contributed by atoms with Crippen molar-refractivity contribution in [3.8, 4) is 0 Å². The average molecular weight is 274 g/mol. The predicted octanol–water partition coefficient (Wildman–Crippen LogP) is 2.42. The van der Waals surface area contributed by atoms with Crippen LogP contribution in [0.3, 0.4) is 0 Å². The Bertz CT molecular complexity index is 488. The molecule has 3 heteroatoms. The van der Waals surface area contributed by atoms with Crippen LogP contribution in [0.15, 0.2) is 30.6 Å². The highest BCUT2D eigenvalue weighted by Gasteiger charge is 2.67. The van der Waals surface area contributed by atoms with Crippen LogP contribution in [0.1, 0.15) is 46.0 Å². The van der Waals surface area contributed by atoms with Crippen molar-refractivity contribution in [3.63, 3.8) is 0 Å². The second-order valence-corrected chi connectivity index (χ2v) is 8.28. The summed E-state index contributed by atoms with van der Waals surface area (Å²) >= 11 is 0. The molecule has 1 aromatic heterocycles. The lowest BCUT2D eigenvalue weighted by atomic mass is 9.48. The Morgan fingerprint density at radius 2 is 1.55 bits per heavy atom. The summed E-state index contributed by atoms with van der Waals surface area (Å²) < 4.78 is 8.46. The highest BCUT2D eigenvalue weighted by molar-refractivity contribution is 5.12. The van der Waals surface area contributed by atoms with Crippen molar-refractivity contribution in [3.05, 3.63) is 30.6 Å². The molecule has 0 amide bonds. The van der Waals surface area contributed by atoms with Gasteiger partial charge in [-0.2, -0.15) is 0 Å². The molecule has 4 aliphatic rings. The van der Waals surface area contributed by atoms with Crippen LogP contribution >= 0.6 is 0 Å². The molecule has 0 radical (unpaired) electrons. The third-order valence-electron chi connectivity index (χ3n) is 5.41. The van der Waals surface area contributed by atoms with E-state index in [0.717, 1.165) is 32.2 Å². The fraction of sp³-hybridized carbons (Fsp3) is 0.706. The topological polar surface area (TPSA) is 33.3 Å². The molecular weight excluding hydrogens is 250 g/mol. The summed E-state index contributed by atoms with van der Waals surface area (Å²) in [5.41, 5.74) is 0.264. The van der Waals surface area contributed by atoms with E-state index in [-0.39, 0.29) is 16.4 Å². The molecule has 4 bridgehead atoms. The number of pyridine rings is 1. The van der Waals surface area contributed by atoms with Gasteiger partial charge < -0.3 is 9.84 Å². The maximum Gasteiger partial charge on any atom is 0.177 e. The van der Waals surface area contributed by atoms with Gasteiger partial charge in [-0.3, -0.25) is 0 Å². The Kier molecular flexibility index (Phi) is 2.32. The minimum absolute atomic E-state index is 0.195. The highest BCUT2D eigenvalue weighted by Crippen LogP contribution is 2.67. The maximum absolute atomic E-state index is 10.8. The van der Waals surface area contributed by atoms with E-state index in [1.807, 2.05) is 6.07 Å². The third-order valence-corrected chi connectivity index (χ3v) is 5.41. The van der Waals surface area contributed by atoms with Crippen molar-refractivity contribution in [2.75, 3.05) is 0 Å². The number of aliphatic hydroxyl groups is 1. The third kappa shape index (κ3) is 1.91. The van der Waals surface area contributed by atoms with Crippen LogP contribution in [0.25, 0.3) is 0 Å². The first-order valence-corrected chi connectivity index (χ1v) is 7.69. The molecule has 108 valence electrons. The van der Waals surface area contributed by atoms with Crippen molar-refractivity contribution in [1.29, 1.82) is 0 Å². The first-order valence-electron chi connectivity index (χ1n) is 7.69. The second kappa shape index (κ2) is 3.63. The van der Waals surface area contributed by atoms with Crippen molar-refractivity contribution in [2.24, 2.45) is 10.8 Å². The molecule has 2 unspecified atom stereocenters. The van der Waals surface area contributed by atoms with Gasteiger partial charge >= 0.3 is 0 Å². The fourth-order valence-corrected chi connectivity index (χ4v) is 5.98. The summed E-state index contributed by atoms with van der Waals surface area (Å²) in [6, 6.07) is 6.14. The van der Waals surface area contributed by atoms with Gasteiger partial charge in [0.25, 0.3) is 0 Å². The van der Waals surface area contributed by atoms with Crippen molar-refractivity contribution < 1.29 is 14.4 Å². The molecule has 0 aromatic carbocycles. The zero-order valence-corrected chi connectivity index (χ0v) is 12.4. The van der Waals surface area contributed by atoms with Crippen LogP contribution in [0.4, 0.5) is 0 Å². The van der Waals surface area contributed by atoms with Gasteiger partial charge in [-0.05, 0) is 30.1 Å². The summed E-state index contributed by atoms with van der Waals surface area (Å²) in [4.78, 5) is 0. The van der Waals surface area contributed by atoms with Crippen LogP contribution < -0.4 is 4.57 Å². The second-order valence-electron chi connectivity index (χ2n) is 8.28. The van der Waals surface area contributed by atoms with Crippen LogP contribution in [-0.2, 0) is 11.3 Å². The molecule has 2 atom stereocenters. The normalized spacial score (nSPS) is 49.5. The Balaban J connectivity index is 1.72. The molecule has 2 aliphatic heterocycles. The van der Waals surface area contributed by atoms with E-state index < -0.39 is 5.79 Å². The summed E-state index contributed by atoms with van der Waals surface area (Å²) in [6.45, 7) is 5.52. The van der Waals surface area contributed by atoms with E-state index in [1.165, 1.54) is 6.42 Å². The molecule has 2 saturated carbocycles. The number of hydrogen-bond acceptors (Lipinski definition) is 2. The Morgan fingerprint density at radius 3 is 2.10 bits per heavy atom. The lowest BCUT2D eigenvalue weighted by molar-refractivity contribution is -0.717. The molecule has 3 nitrogen and oxygen atoms in total. The molecule has 1 aromatic rings. The largest absolute Gasteiger partial charge is 0.365 e. The van der Waals surface area contributed by atoms with Gasteiger partial charge in [0.1, 0.15) is 5.60 Å². The number of rotatable bonds is 2. The van der Waals surface area contributed by atoms with Gasteiger partial charge in [0.05, 0.1) is 0 Å². The standard InChI is InChI=1S/C17H24NO2/c1-14-8-15(2)10-16(9-14,20-17(19,11-14)12-15)13-18-6-4-3-5-7-18/h3-7,19H,8-13H2,1-2H3/q+1. The smallest absolute Gasteiger partial charge is 0.177 e. The first kappa shape index (κ1) is 12.8. The zero-order chi connectivity index (χ0) is 14.1. The zero-order valence-electron chi connectivity index (χ0n) is 12.4. The fourth-order valence-electron chi connectivity index (χ4n) is 5.98. The van der Waals surface area contributed by atoms with E-state index in [9.17, 15) is 5.11 Å². The van der Waals surface area contributed by atoms with Crippen LogP contribution in [0.5, 0.6) is 0 Å². The SMILES string of the molecule is CC12CC3(C)CC(O)(C1)OC(C[n+]1ccccc1)(C2)C3. The minimum atomic E-state index is -0.895. The van der Waals surface area contributed by atoms with Gasteiger partial charge in [-0.15, -0.1) is 0 Å². The molecule has 4 fully saturated rings. The lowest BCUT2D eigenvalue weighted by Gasteiger charge is -2.66. The van der Waals surface area contributed by atoms with E-state index in [1.54, 1.807) is 0 Å². The van der Waals surface area contributed by atoms with E-state index in [0.29, 0.717) is 0 Å². The summed E-state index contributed by atoms with van der Waals surface area (Å²) in [7, 11) is 0. The molecule has 3 heterocycles. The molecule has 0 spiro atoms. The number of ether oxygens (including phenoxy) is 1. The average Bonchev–Trinajstić information content (AvgIpc) is 2.22. The number of nitrogens with zero attached hydrogens (tertiary/aromatic N) is 1. The van der Waals surface area contributed by atoms with Crippen molar-refractivity contribution >= 4 is 0 Å². The highest BCUT2D eigenvalue weighted by atomic mass is 16.6. The molecular formula is C17H24NO2+. The molecule has 5 rings (SSSR count). The molecule has 1 N–H and O–H groups in total. The van der Waals surface area contributed by atoms with Crippen molar-refractivity contribution in [1.82, 2.24) is 0 Å².